The van der Waals surface area contributed by atoms with E-state index >= 15 is 0 Å². The number of unbranched alkanes of at least 4 members (excludes halogenated alkanes) is 1. The number of nitrogens with zero attached hydrogens (tertiary/aromatic N) is 4. The predicted octanol–water partition coefficient (Wildman–Crippen LogP) is 6.03. The van der Waals surface area contributed by atoms with Gasteiger partial charge in [-0.2, -0.15) is 0 Å². The van der Waals surface area contributed by atoms with Crippen LogP contribution in [0.5, 0.6) is 0 Å². The number of piperidine rings is 1. The zero-order valence-electron chi connectivity index (χ0n) is 23.1. The van der Waals surface area contributed by atoms with Crippen molar-refractivity contribution in [3.05, 3.63) is 89.2 Å². The molecule has 2 atom stereocenters. The molecule has 39 heavy (non-hydrogen) atoms. The molecule has 2 aromatic carbocycles. The number of carbonyl (C=O) groups excluding carboxylic acids is 2. The summed E-state index contributed by atoms with van der Waals surface area (Å²) in [5.74, 6) is -0.108. The Kier molecular flexibility index (Phi) is 7.22. The van der Waals surface area contributed by atoms with Gasteiger partial charge < -0.3 is 4.90 Å². The van der Waals surface area contributed by atoms with E-state index in [4.69, 9.17) is 4.98 Å². The maximum atomic E-state index is 14.7. The standard InChI is InChI=1S/C33H38N4O2/c1-3-5-12-24(4-2)37(33(39)30-28-15-9-8-14-27(28)29-16-10-19-34-31(29)30)35-20-17-25(18-21-35)36-22-23-11-6-7-13-26(23)32(36)38/h6-11,13-16,19,24-25,30H,3-5,12,17-18,20-22H2,1-2H3. The van der Waals surface area contributed by atoms with Crippen molar-refractivity contribution in [2.24, 2.45) is 0 Å². The maximum absolute atomic E-state index is 14.7. The van der Waals surface area contributed by atoms with Crippen molar-refractivity contribution in [2.45, 2.75) is 76.9 Å². The smallest absolute Gasteiger partial charge is 0.254 e. The molecule has 1 aromatic heterocycles. The van der Waals surface area contributed by atoms with Gasteiger partial charge in [0.25, 0.3) is 11.8 Å². The molecule has 3 aliphatic rings. The van der Waals surface area contributed by atoms with Crippen molar-refractivity contribution in [2.75, 3.05) is 13.1 Å². The molecule has 0 N–H and O–H groups in total. The summed E-state index contributed by atoms with van der Waals surface area (Å²) in [5.41, 5.74) is 6.08. The van der Waals surface area contributed by atoms with Crippen LogP contribution in [0.15, 0.2) is 66.9 Å². The lowest BCUT2D eigenvalue weighted by Crippen LogP contribution is -2.57. The molecule has 0 bridgehead atoms. The Morgan fingerprint density at radius 1 is 0.974 bits per heavy atom. The third-order valence-electron chi connectivity index (χ3n) is 8.89. The fraction of sp³-hybridized carbons (Fsp3) is 0.424. The van der Waals surface area contributed by atoms with Gasteiger partial charge in [0.15, 0.2) is 0 Å². The molecular formula is C33H38N4O2. The summed E-state index contributed by atoms with van der Waals surface area (Å²) < 4.78 is 0. The fourth-order valence-electron chi connectivity index (χ4n) is 6.84. The van der Waals surface area contributed by atoms with Gasteiger partial charge in [0.1, 0.15) is 5.92 Å². The van der Waals surface area contributed by atoms with Crippen molar-refractivity contribution in [3.8, 4) is 11.1 Å². The number of hydrogen-bond acceptors (Lipinski definition) is 4. The molecule has 0 spiro atoms. The number of amides is 2. The highest BCUT2D eigenvalue weighted by atomic mass is 16.2. The first-order valence-electron chi connectivity index (χ1n) is 14.6. The van der Waals surface area contributed by atoms with E-state index in [1.54, 1.807) is 6.20 Å². The molecule has 1 fully saturated rings. The van der Waals surface area contributed by atoms with E-state index in [0.717, 1.165) is 85.1 Å². The predicted molar refractivity (Wildman–Crippen MR) is 153 cm³/mol. The van der Waals surface area contributed by atoms with Gasteiger partial charge in [-0.1, -0.05) is 75.2 Å². The Bertz CT molecular complexity index is 1320. The average molecular weight is 523 g/mol. The molecular weight excluding hydrogens is 484 g/mol. The van der Waals surface area contributed by atoms with Gasteiger partial charge in [-0.15, -0.1) is 0 Å². The molecule has 3 aromatic rings. The Morgan fingerprint density at radius 3 is 2.44 bits per heavy atom. The maximum Gasteiger partial charge on any atom is 0.254 e. The van der Waals surface area contributed by atoms with E-state index in [1.807, 2.05) is 36.4 Å². The van der Waals surface area contributed by atoms with Crippen LogP contribution in [0.2, 0.25) is 0 Å². The number of fused-ring (bicyclic) bond motifs is 4. The number of benzene rings is 2. The van der Waals surface area contributed by atoms with Gasteiger partial charge in [0.2, 0.25) is 0 Å². The monoisotopic (exact) mass is 522 g/mol. The molecule has 2 unspecified atom stereocenters. The van der Waals surface area contributed by atoms with Gasteiger partial charge >= 0.3 is 0 Å². The lowest BCUT2D eigenvalue weighted by Gasteiger charge is -2.46. The second-order valence-corrected chi connectivity index (χ2v) is 11.1. The van der Waals surface area contributed by atoms with Gasteiger partial charge in [-0.05, 0) is 54.5 Å². The number of carbonyl (C=O) groups is 2. The van der Waals surface area contributed by atoms with Crippen molar-refractivity contribution >= 4 is 11.8 Å². The van der Waals surface area contributed by atoms with Crippen LogP contribution < -0.4 is 0 Å². The lowest BCUT2D eigenvalue weighted by molar-refractivity contribution is -0.161. The second kappa shape index (κ2) is 10.9. The van der Waals surface area contributed by atoms with Crippen LogP contribution in [0.1, 0.15) is 85.5 Å². The Labute approximate surface area is 231 Å². The minimum Gasteiger partial charge on any atom is -0.331 e. The highest BCUT2D eigenvalue weighted by Gasteiger charge is 2.42. The quantitative estimate of drug-likeness (QED) is 0.363. The van der Waals surface area contributed by atoms with Crippen LogP contribution in [-0.4, -0.2) is 56.9 Å². The first-order valence-corrected chi connectivity index (χ1v) is 14.6. The topological polar surface area (TPSA) is 56.8 Å². The molecule has 6 nitrogen and oxygen atoms in total. The van der Waals surface area contributed by atoms with Crippen LogP contribution in [0.3, 0.4) is 0 Å². The summed E-state index contributed by atoms with van der Waals surface area (Å²) in [5, 5.41) is 4.40. The molecule has 2 amide bonds. The number of hydrazine groups is 1. The van der Waals surface area contributed by atoms with E-state index in [9.17, 15) is 9.59 Å². The zero-order chi connectivity index (χ0) is 26.9. The highest BCUT2D eigenvalue weighted by Crippen LogP contribution is 2.45. The Morgan fingerprint density at radius 2 is 1.69 bits per heavy atom. The number of hydrogen-bond donors (Lipinski definition) is 0. The van der Waals surface area contributed by atoms with Crippen LogP contribution in [0.4, 0.5) is 0 Å². The van der Waals surface area contributed by atoms with Gasteiger partial charge in [0, 0.05) is 49.0 Å². The van der Waals surface area contributed by atoms with Gasteiger partial charge in [-0.25, -0.2) is 5.01 Å². The number of pyridine rings is 1. The molecule has 3 heterocycles. The summed E-state index contributed by atoms with van der Waals surface area (Å²) >= 11 is 0. The number of rotatable bonds is 8. The molecule has 0 saturated carbocycles. The third kappa shape index (κ3) is 4.55. The van der Waals surface area contributed by atoms with Gasteiger partial charge in [0.05, 0.1) is 5.69 Å². The summed E-state index contributed by atoms with van der Waals surface area (Å²) in [6.07, 6.45) is 7.63. The third-order valence-corrected chi connectivity index (χ3v) is 8.89. The highest BCUT2D eigenvalue weighted by molar-refractivity contribution is 5.98. The van der Waals surface area contributed by atoms with E-state index < -0.39 is 0 Å². The summed E-state index contributed by atoms with van der Waals surface area (Å²) in [7, 11) is 0. The minimum absolute atomic E-state index is 0.131. The lowest BCUT2D eigenvalue weighted by atomic mass is 9.96. The van der Waals surface area contributed by atoms with Crippen LogP contribution in [0, 0.1) is 0 Å². The molecule has 2 aliphatic heterocycles. The molecule has 6 rings (SSSR count). The van der Waals surface area contributed by atoms with Crippen molar-refractivity contribution in [3.63, 3.8) is 0 Å². The van der Waals surface area contributed by atoms with E-state index in [2.05, 4.69) is 53.0 Å². The van der Waals surface area contributed by atoms with Gasteiger partial charge in [-0.3, -0.25) is 19.6 Å². The molecule has 0 radical (unpaired) electrons. The van der Waals surface area contributed by atoms with Crippen LogP contribution in [0.25, 0.3) is 11.1 Å². The largest absolute Gasteiger partial charge is 0.331 e. The van der Waals surface area contributed by atoms with Crippen molar-refractivity contribution in [1.29, 1.82) is 0 Å². The Hall–Kier alpha value is -3.51. The van der Waals surface area contributed by atoms with E-state index in [-0.39, 0.29) is 29.8 Å². The van der Waals surface area contributed by atoms with Crippen molar-refractivity contribution in [1.82, 2.24) is 19.9 Å². The Balaban J connectivity index is 1.26. The first kappa shape index (κ1) is 25.8. The summed E-state index contributed by atoms with van der Waals surface area (Å²) in [4.78, 5) is 34.6. The minimum atomic E-state index is -0.388. The normalized spacial score (nSPS) is 19.5. The average Bonchev–Trinajstić information content (AvgIpc) is 3.50. The second-order valence-electron chi connectivity index (χ2n) is 11.1. The molecule has 1 aliphatic carbocycles. The molecule has 202 valence electrons. The van der Waals surface area contributed by atoms with E-state index in [1.165, 1.54) is 0 Å². The van der Waals surface area contributed by atoms with E-state index in [0.29, 0.717) is 6.54 Å². The van der Waals surface area contributed by atoms with Crippen LogP contribution in [-0.2, 0) is 11.3 Å². The molecule has 1 saturated heterocycles. The van der Waals surface area contributed by atoms with Crippen LogP contribution >= 0.6 is 0 Å². The fourth-order valence-corrected chi connectivity index (χ4v) is 6.84. The SMILES string of the molecule is CCCCC(CC)N(C(=O)C1c2ccccc2-c2cccnc21)N1CCC(N2Cc3ccccc3C2=O)CC1. The molecule has 6 heteroatoms. The first-order chi connectivity index (χ1) is 19.1. The summed E-state index contributed by atoms with van der Waals surface area (Å²) in [6.45, 7) is 6.63. The van der Waals surface area contributed by atoms with Crippen molar-refractivity contribution < 1.29 is 9.59 Å². The summed E-state index contributed by atoms with van der Waals surface area (Å²) in [6, 6.07) is 20.6. The zero-order valence-corrected chi connectivity index (χ0v) is 23.1. The number of aromatic nitrogens is 1.